The molecule has 1 aliphatic carbocycles. The van der Waals surface area contributed by atoms with E-state index in [-0.39, 0.29) is 24.5 Å². The number of nitrogens with zero attached hydrogens (tertiary/aromatic N) is 1. The SMILES string of the molecule is CC[C@H](C(=O)NC1CCCCC1)N(CCc1ccccc1)C(=O)COc1ccc(C)cc1. The number of benzene rings is 2. The molecule has 1 fully saturated rings. The molecule has 5 nitrogen and oxygen atoms in total. The van der Waals surface area contributed by atoms with Crippen LogP contribution >= 0.6 is 0 Å². The van der Waals surface area contributed by atoms with Crippen LogP contribution in [0.1, 0.15) is 56.6 Å². The second kappa shape index (κ2) is 12.3. The summed E-state index contributed by atoms with van der Waals surface area (Å²) in [7, 11) is 0. The maximum atomic E-state index is 13.2. The van der Waals surface area contributed by atoms with Gasteiger partial charge < -0.3 is 15.0 Å². The summed E-state index contributed by atoms with van der Waals surface area (Å²) < 4.78 is 5.76. The van der Waals surface area contributed by atoms with Crippen LogP contribution < -0.4 is 10.1 Å². The van der Waals surface area contributed by atoms with E-state index in [1.807, 2.05) is 56.3 Å². The monoisotopic (exact) mass is 436 g/mol. The molecule has 0 saturated heterocycles. The maximum absolute atomic E-state index is 13.2. The highest BCUT2D eigenvalue weighted by molar-refractivity contribution is 5.88. The summed E-state index contributed by atoms with van der Waals surface area (Å²) in [5.74, 6) is 0.454. The van der Waals surface area contributed by atoms with Gasteiger partial charge in [0.25, 0.3) is 5.91 Å². The molecule has 1 atom stereocenters. The average Bonchev–Trinajstić information content (AvgIpc) is 2.82. The molecule has 0 bridgehead atoms. The van der Waals surface area contributed by atoms with Gasteiger partial charge in [-0.3, -0.25) is 9.59 Å². The van der Waals surface area contributed by atoms with Gasteiger partial charge in [0.15, 0.2) is 6.61 Å². The van der Waals surface area contributed by atoms with Crippen molar-refractivity contribution < 1.29 is 14.3 Å². The van der Waals surface area contributed by atoms with Crippen molar-refractivity contribution in [2.24, 2.45) is 0 Å². The Morgan fingerprint density at radius 1 is 1.03 bits per heavy atom. The van der Waals surface area contributed by atoms with Crippen LogP contribution in [-0.4, -0.2) is 41.9 Å². The Morgan fingerprint density at radius 3 is 2.38 bits per heavy atom. The molecule has 32 heavy (non-hydrogen) atoms. The highest BCUT2D eigenvalue weighted by atomic mass is 16.5. The highest BCUT2D eigenvalue weighted by Crippen LogP contribution is 2.19. The molecule has 0 radical (unpaired) electrons. The van der Waals surface area contributed by atoms with E-state index >= 15 is 0 Å². The predicted molar refractivity (Wildman–Crippen MR) is 128 cm³/mol. The van der Waals surface area contributed by atoms with Crippen molar-refractivity contribution in [3.63, 3.8) is 0 Å². The number of rotatable bonds is 10. The molecule has 5 heteroatoms. The van der Waals surface area contributed by atoms with Gasteiger partial charge in [-0.15, -0.1) is 0 Å². The van der Waals surface area contributed by atoms with E-state index in [1.165, 1.54) is 6.42 Å². The molecule has 1 aliphatic rings. The van der Waals surface area contributed by atoms with Crippen LogP contribution in [0.4, 0.5) is 0 Å². The van der Waals surface area contributed by atoms with E-state index in [1.54, 1.807) is 4.90 Å². The fraction of sp³-hybridized carbons (Fsp3) is 0.481. The molecular formula is C27H36N2O3. The standard InChI is InChI=1S/C27H36N2O3/c1-3-25(27(31)28-23-12-8-5-9-13-23)29(19-18-22-10-6-4-7-11-22)26(30)20-32-24-16-14-21(2)15-17-24/h4,6-7,10-11,14-17,23,25H,3,5,8-9,12-13,18-20H2,1-2H3,(H,28,31)/t25-/m1/s1. The van der Waals surface area contributed by atoms with Crippen LogP contribution in [0.15, 0.2) is 54.6 Å². The van der Waals surface area contributed by atoms with Gasteiger partial charge in [0.2, 0.25) is 5.91 Å². The molecule has 1 saturated carbocycles. The van der Waals surface area contributed by atoms with Gasteiger partial charge in [0.1, 0.15) is 11.8 Å². The first-order valence-electron chi connectivity index (χ1n) is 11.9. The Hall–Kier alpha value is -2.82. The van der Waals surface area contributed by atoms with Crippen molar-refractivity contribution in [2.75, 3.05) is 13.2 Å². The third kappa shape index (κ3) is 7.11. The molecule has 2 aromatic carbocycles. The van der Waals surface area contributed by atoms with Gasteiger partial charge in [-0.1, -0.05) is 74.2 Å². The van der Waals surface area contributed by atoms with Crippen molar-refractivity contribution in [2.45, 2.75) is 70.9 Å². The minimum atomic E-state index is -0.491. The molecule has 2 aromatic rings. The first-order valence-corrected chi connectivity index (χ1v) is 11.9. The van der Waals surface area contributed by atoms with Crippen molar-refractivity contribution in [3.8, 4) is 5.75 Å². The largest absolute Gasteiger partial charge is 0.484 e. The van der Waals surface area contributed by atoms with E-state index in [0.29, 0.717) is 25.1 Å². The van der Waals surface area contributed by atoms with Gasteiger partial charge in [0.05, 0.1) is 0 Å². The van der Waals surface area contributed by atoms with Gasteiger partial charge in [-0.2, -0.15) is 0 Å². The quantitative estimate of drug-likeness (QED) is 0.589. The molecule has 0 aliphatic heterocycles. The topological polar surface area (TPSA) is 58.6 Å². The lowest BCUT2D eigenvalue weighted by Crippen LogP contribution is -2.53. The van der Waals surface area contributed by atoms with Gasteiger partial charge >= 0.3 is 0 Å². The lowest BCUT2D eigenvalue weighted by atomic mass is 9.95. The van der Waals surface area contributed by atoms with Crippen molar-refractivity contribution in [1.29, 1.82) is 0 Å². The smallest absolute Gasteiger partial charge is 0.261 e. The number of amides is 2. The zero-order chi connectivity index (χ0) is 22.8. The summed E-state index contributed by atoms with van der Waals surface area (Å²) in [6.45, 7) is 4.38. The molecule has 1 N–H and O–H groups in total. The maximum Gasteiger partial charge on any atom is 0.261 e. The Kier molecular flexibility index (Phi) is 9.14. The van der Waals surface area contributed by atoms with Gasteiger partial charge in [-0.05, 0) is 50.3 Å². The summed E-state index contributed by atoms with van der Waals surface area (Å²) >= 11 is 0. The number of hydrogen-bond acceptors (Lipinski definition) is 3. The zero-order valence-corrected chi connectivity index (χ0v) is 19.4. The number of hydrogen-bond donors (Lipinski definition) is 1. The second-order valence-corrected chi connectivity index (χ2v) is 8.69. The molecule has 3 rings (SSSR count). The predicted octanol–water partition coefficient (Wildman–Crippen LogP) is 4.67. The molecule has 172 valence electrons. The first-order chi connectivity index (χ1) is 15.6. The Bertz CT molecular complexity index is 845. The molecule has 2 amide bonds. The lowest BCUT2D eigenvalue weighted by Gasteiger charge is -2.32. The average molecular weight is 437 g/mol. The number of carbonyl (C=O) groups excluding carboxylic acids is 2. The Labute approximate surface area is 192 Å². The third-order valence-corrected chi connectivity index (χ3v) is 6.20. The van der Waals surface area contributed by atoms with E-state index in [9.17, 15) is 9.59 Å². The molecule has 0 spiro atoms. The van der Waals surface area contributed by atoms with Crippen LogP contribution in [0, 0.1) is 6.92 Å². The van der Waals surface area contributed by atoms with Gasteiger partial charge in [-0.25, -0.2) is 0 Å². The highest BCUT2D eigenvalue weighted by Gasteiger charge is 2.30. The Balaban J connectivity index is 1.68. The van der Waals surface area contributed by atoms with Crippen LogP contribution in [-0.2, 0) is 16.0 Å². The third-order valence-electron chi connectivity index (χ3n) is 6.20. The van der Waals surface area contributed by atoms with Crippen LogP contribution in [0.5, 0.6) is 5.75 Å². The van der Waals surface area contributed by atoms with E-state index in [4.69, 9.17) is 4.74 Å². The van der Waals surface area contributed by atoms with E-state index in [0.717, 1.165) is 36.8 Å². The zero-order valence-electron chi connectivity index (χ0n) is 19.4. The molecular weight excluding hydrogens is 400 g/mol. The van der Waals surface area contributed by atoms with E-state index in [2.05, 4.69) is 17.4 Å². The van der Waals surface area contributed by atoms with Crippen LogP contribution in [0.25, 0.3) is 0 Å². The normalized spacial score (nSPS) is 15.1. The molecule has 0 aromatic heterocycles. The summed E-state index contributed by atoms with van der Waals surface area (Å²) in [5, 5.41) is 3.21. The minimum absolute atomic E-state index is 0.0452. The van der Waals surface area contributed by atoms with Crippen LogP contribution in [0.2, 0.25) is 0 Å². The number of ether oxygens (including phenoxy) is 1. The fourth-order valence-electron chi connectivity index (χ4n) is 4.30. The summed E-state index contributed by atoms with van der Waals surface area (Å²) in [4.78, 5) is 28.1. The first kappa shape index (κ1) is 23.8. The van der Waals surface area contributed by atoms with Gasteiger partial charge in [0, 0.05) is 12.6 Å². The Morgan fingerprint density at radius 2 is 1.72 bits per heavy atom. The summed E-state index contributed by atoms with van der Waals surface area (Å²) in [5.41, 5.74) is 2.28. The summed E-state index contributed by atoms with van der Waals surface area (Å²) in [6, 6.07) is 17.4. The molecule has 0 unspecified atom stereocenters. The fourth-order valence-corrected chi connectivity index (χ4v) is 4.30. The van der Waals surface area contributed by atoms with E-state index < -0.39 is 6.04 Å². The van der Waals surface area contributed by atoms with Crippen LogP contribution in [0.3, 0.4) is 0 Å². The van der Waals surface area contributed by atoms with Crippen molar-refractivity contribution >= 4 is 11.8 Å². The van der Waals surface area contributed by atoms with Crippen molar-refractivity contribution in [3.05, 3.63) is 65.7 Å². The van der Waals surface area contributed by atoms with Crippen molar-refractivity contribution in [1.82, 2.24) is 10.2 Å². The number of aryl methyl sites for hydroxylation is 1. The lowest BCUT2D eigenvalue weighted by molar-refractivity contribution is -0.142. The molecule has 0 heterocycles. The minimum Gasteiger partial charge on any atom is -0.484 e. The number of carbonyl (C=O) groups is 2. The second-order valence-electron chi connectivity index (χ2n) is 8.69. The number of nitrogens with one attached hydrogen (secondary N) is 1. The summed E-state index contributed by atoms with van der Waals surface area (Å²) in [6.07, 6.45) is 6.87.